The van der Waals surface area contributed by atoms with Crippen LogP contribution >= 0.6 is 17.2 Å². The van der Waals surface area contributed by atoms with Crippen LogP contribution in [0.1, 0.15) is 113 Å². The number of unbranched alkanes of at least 4 members (excludes halogenated alkanes) is 10. The van der Waals surface area contributed by atoms with E-state index in [9.17, 15) is 20.4 Å². The first-order chi connectivity index (χ1) is 21.2. The van der Waals surface area contributed by atoms with Crippen LogP contribution in [0.5, 0.6) is 0 Å². The van der Waals surface area contributed by atoms with Crippen LogP contribution in [0.15, 0.2) is 48.5 Å². The molecule has 0 fully saturated rings. The van der Waals surface area contributed by atoms with E-state index in [1.165, 1.54) is 51.4 Å². The lowest BCUT2D eigenvalue weighted by Gasteiger charge is -2.46. The first-order valence-corrected chi connectivity index (χ1v) is 18.3. The van der Waals surface area contributed by atoms with E-state index in [0.29, 0.717) is 11.1 Å². The van der Waals surface area contributed by atoms with Gasteiger partial charge in [-0.3, -0.25) is 0 Å². The number of aliphatic hydroxyl groups excluding tert-OH is 3. The van der Waals surface area contributed by atoms with Gasteiger partial charge >= 0.3 is 17.2 Å². The third-order valence-electron chi connectivity index (χ3n) is 8.24. The molecule has 9 nitrogen and oxygen atoms in total. The fraction of sp³-hybridized carbons (Fsp3) is 0.636. The number of aryl methyl sites for hydroxylation is 2. The van der Waals surface area contributed by atoms with Crippen LogP contribution in [0.3, 0.4) is 0 Å². The second-order valence-electron chi connectivity index (χ2n) is 11.4. The molecule has 0 amide bonds. The van der Waals surface area contributed by atoms with E-state index in [4.69, 9.17) is 19.6 Å². The highest BCUT2D eigenvalue weighted by atomic mass is 31.2. The highest BCUT2D eigenvalue weighted by Gasteiger charge is 2.53. The smallest absolute Gasteiger partial charge is 0.334 e. The third kappa shape index (κ3) is 13.0. The van der Waals surface area contributed by atoms with Crippen molar-refractivity contribution in [1.29, 1.82) is 0 Å². The molecule has 0 radical (unpaired) electrons. The molecular weight excluding hydrogens is 602 g/mol. The van der Waals surface area contributed by atoms with E-state index in [-0.39, 0.29) is 0 Å². The Bertz CT molecular complexity index is 929. The maximum absolute atomic E-state index is 12.7. The van der Waals surface area contributed by atoms with Gasteiger partial charge in [0.15, 0.2) is 0 Å². The van der Waals surface area contributed by atoms with E-state index in [1.807, 2.05) is 48.5 Å². The molecule has 0 spiro atoms. The van der Waals surface area contributed by atoms with Crippen molar-refractivity contribution in [3.8, 4) is 0 Å². The standard InChI is InChI=1S/C33H52O4.H4O5P2/c1-3-5-7-9-11-13-19-28-21-15-17-23-30(28)33(37,32(25-34,26-35)27-36)31-24-18-16-22-29(31)20-14-12-10-8-6-4-2;1-6(2)5-7(3)4/h15-18,21-24,34-37H,3-14,19-20,25-27H2,1-2H3;1-4H. The van der Waals surface area contributed by atoms with E-state index in [1.54, 1.807) is 0 Å². The van der Waals surface area contributed by atoms with Gasteiger partial charge in [0.25, 0.3) is 0 Å². The summed E-state index contributed by atoms with van der Waals surface area (Å²) in [5, 5.41) is 44.3. The summed E-state index contributed by atoms with van der Waals surface area (Å²) in [6.45, 7) is 2.84. The predicted octanol–water partition coefficient (Wildman–Crippen LogP) is 6.12. The largest absolute Gasteiger partial charge is 0.395 e. The van der Waals surface area contributed by atoms with Gasteiger partial charge in [-0.25, -0.2) is 4.31 Å². The van der Waals surface area contributed by atoms with Gasteiger partial charge in [-0.05, 0) is 47.9 Å². The number of rotatable bonds is 22. The molecule has 0 aromatic heterocycles. The third-order valence-corrected chi connectivity index (χ3v) is 9.40. The van der Waals surface area contributed by atoms with Crippen molar-refractivity contribution < 1.29 is 44.3 Å². The lowest BCUT2D eigenvalue weighted by molar-refractivity contribution is -0.136. The molecule has 0 bridgehead atoms. The Kier molecular flexibility index (Phi) is 21.7. The van der Waals surface area contributed by atoms with Crippen LogP contribution in [0.4, 0.5) is 0 Å². The summed E-state index contributed by atoms with van der Waals surface area (Å²) >= 11 is 0. The minimum Gasteiger partial charge on any atom is -0.395 e. The van der Waals surface area contributed by atoms with Gasteiger partial charge in [0.2, 0.25) is 0 Å². The topological polar surface area (TPSA) is 171 Å². The molecule has 2 rings (SSSR count). The Labute approximate surface area is 266 Å². The lowest BCUT2D eigenvalue weighted by atomic mass is 9.63. The molecule has 2 aromatic rings. The zero-order valence-electron chi connectivity index (χ0n) is 26.5. The highest BCUT2D eigenvalue weighted by molar-refractivity contribution is 7.53. The Balaban J connectivity index is 0.00000123. The zero-order chi connectivity index (χ0) is 32.8. The Morgan fingerprint density at radius 2 is 0.886 bits per heavy atom. The van der Waals surface area contributed by atoms with E-state index < -0.39 is 48.0 Å². The molecule has 0 saturated carbocycles. The predicted molar refractivity (Wildman–Crippen MR) is 178 cm³/mol. The summed E-state index contributed by atoms with van der Waals surface area (Å²) in [5.74, 6) is 0. The fourth-order valence-corrected chi connectivity index (χ4v) is 6.17. The molecule has 0 aliphatic carbocycles. The van der Waals surface area contributed by atoms with E-state index in [0.717, 1.165) is 49.7 Å². The average Bonchev–Trinajstić information content (AvgIpc) is 3.01. The van der Waals surface area contributed by atoms with Crippen molar-refractivity contribution >= 4 is 17.2 Å². The molecule has 0 unspecified atom stereocenters. The second kappa shape index (κ2) is 23.3. The van der Waals surface area contributed by atoms with Crippen molar-refractivity contribution in [2.45, 2.75) is 109 Å². The van der Waals surface area contributed by atoms with E-state index >= 15 is 0 Å². The van der Waals surface area contributed by atoms with Gasteiger partial charge in [0.05, 0.1) is 25.2 Å². The summed E-state index contributed by atoms with van der Waals surface area (Å²) < 4.78 is 3.60. The Morgan fingerprint density at radius 3 is 1.20 bits per heavy atom. The van der Waals surface area contributed by atoms with Gasteiger partial charge in [-0.1, -0.05) is 127 Å². The molecule has 2 aromatic carbocycles. The van der Waals surface area contributed by atoms with Crippen LogP contribution in [0, 0.1) is 5.41 Å². The highest BCUT2D eigenvalue weighted by Crippen LogP contribution is 2.48. The SMILES string of the molecule is CCCCCCCCc1ccccc1C(O)(c1ccccc1CCCCCCCC)C(CO)(CO)CO.OP(O)OP(O)O. The van der Waals surface area contributed by atoms with Crippen LogP contribution in [0.2, 0.25) is 0 Å². The monoisotopic (exact) mass is 658 g/mol. The average molecular weight is 659 g/mol. The number of hydrogen-bond donors (Lipinski definition) is 8. The van der Waals surface area contributed by atoms with Gasteiger partial charge < -0.3 is 40.0 Å². The molecule has 252 valence electrons. The van der Waals surface area contributed by atoms with Crippen molar-refractivity contribution in [3.05, 3.63) is 70.8 Å². The Morgan fingerprint density at radius 1 is 0.545 bits per heavy atom. The second-order valence-corrected chi connectivity index (χ2v) is 13.1. The van der Waals surface area contributed by atoms with Crippen LogP contribution in [-0.2, 0) is 22.8 Å². The first-order valence-electron chi connectivity index (χ1n) is 15.9. The summed E-state index contributed by atoms with van der Waals surface area (Å²) in [6.07, 6.45) is 15.8. The quantitative estimate of drug-likeness (QED) is 0.0549. The summed E-state index contributed by atoms with van der Waals surface area (Å²) in [4.78, 5) is 31.3. The summed E-state index contributed by atoms with van der Waals surface area (Å²) in [7, 11) is -5.22. The van der Waals surface area contributed by atoms with Gasteiger partial charge in [0.1, 0.15) is 5.60 Å². The van der Waals surface area contributed by atoms with Gasteiger partial charge in [0, 0.05) is 0 Å². The summed E-state index contributed by atoms with van der Waals surface area (Å²) in [6, 6.07) is 15.7. The normalized spacial score (nSPS) is 12.1. The van der Waals surface area contributed by atoms with Crippen molar-refractivity contribution in [1.82, 2.24) is 0 Å². The van der Waals surface area contributed by atoms with Crippen molar-refractivity contribution in [3.63, 3.8) is 0 Å². The minimum absolute atomic E-state index is 0.535. The number of aliphatic hydroxyl groups is 4. The van der Waals surface area contributed by atoms with Crippen LogP contribution in [-0.4, -0.2) is 59.8 Å². The van der Waals surface area contributed by atoms with E-state index in [2.05, 4.69) is 18.2 Å². The maximum Gasteiger partial charge on any atom is 0.334 e. The zero-order valence-corrected chi connectivity index (χ0v) is 28.3. The number of hydrogen-bond acceptors (Lipinski definition) is 9. The molecule has 0 aliphatic heterocycles. The van der Waals surface area contributed by atoms with Crippen LogP contribution < -0.4 is 0 Å². The molecule has 0 heterocycles. The summed E-state index contributed by atoms with van der Waals surface area (Å²) in [5.41, 5.74) is 0.112. The molecule has 0 saturated heterocycles. The molecule has 11 heteroatoms. The number of benzene rings is 2. The van der Waals surface area contributed by atoms with Crippen molar-refractivity contribution in [2.24, 2.45) is 5.41 Å². The van der Waals surface area contributed by atoms with Gasteiger partial charge in [-0.15, -0.1) is 0 Å². The molecular formula is C33H56O9P2. The molecule has 44 heavy (non-hydrogen) atoms. The Hall–Kier alpha value is -1.06. The fourth-order valence-electron chi connectivity index (χ4n) is 5.65. The van der Waals surface area contributed by atoms with Crippen LogP contribution in [0.25, 0.3) is 0 Å². The first kappa shape index (κ1) is 41.0. The van der Waals surface area contributed by atoms with Gasteiger partial charge in [-0.2, -0.15) is 0 Å². The van der Waals surface area contributed by atoms with Crippen molar-refractivity contribution in [2.75, 3.05) is 19.8 Å². The molecule has 0 atom stereocenters. The maximum atomic E-state index is 12.7. The minimum atomic E-state index is -2.61. The molecule has 8 N–H and O–H groups in total. The molecule has 0 aliphatic rings. The lowest BCUT2D eigenvalue weighted by Crippen LogP contribution is -2.55.